The third-order valence-electron chi connectivity index (χ3n) is 4.30. The fourth-order valence-corrected chi connectivity index (χ4v) is 2.86. The number of hydrogen-bond donors (Lipinski definition) is 3. The molecule has 0 aromatic heterocycles. The highest BCUT2D eigenvalue weighted by atomic mass is 127. The number of rotatable bonds is 11. The Kier molecular flexibility index (Phi) is 12.8. The van der Waals surface area contributed by atoms with Crippen molar-refractivity contribution in [3.63, 3.8) is 0 Å². The van der Waals surface area contributed by atoms with Crippen LogP contribution in [0.5, 0.6) is 11.5 Å². The highest BCUT2D eigenvalue weighted by Crippen LogP contribution is 2.30. The molecule has 0 saturated heterocycles. The third-order valence-corrected chi connectivity index (χ3v) is 4.30. The summed E-state index contributed by atoms with van der Waals surface area (Å²) in [6.45, 7) is 2.67. The Morgan fingerprint density at radius 2 is 1.81 bits per heavy atom. The Morgan fingerprint density at radius 1 is 1.06 bits per heavy atom. The van der Waals surface area contributed by atoms with Crippen molar-refractivity contribution in [3.05, 3.63) is 59.7 Å². The van der Waals surface area contributed by atoms with Gasteiger partial charge in [-0.25, -0.2) is 4.99 Å². The molecule has 6 nitrogen and oxygen atoms in total. The van der Waals surface area contributed by atoms with E-state index in [4.69, 9.17) is 4.74 Å². The lowest BCUT2D eigenvalue weighted by Gasteiger charge is -2.18. The fraction of sp³-hybridized carbons (Fsp3) is 0.409. The largest absolute Gasteiger partial charge is 0.490 e. The van der Waals surface area contributed by atoms with Gasteiger partial charge in [0.15, 0.2) is 17.5 Å². The van der Waals surface area contributed by atoms with Crippen molar-refractivity contribution < 1.29 is 23.4 Å². The second-order valence-electron chi connectivity index (χ2n) is 6.46. The quantitative estimate of drug-likeness (QED) is 0.223. The topological polar surface area (TPSA) is 75.1 Å². The lowest BCUT2D eigenvalue weighted by atomic mass is 10.0. The lowest BCUT2D eigenvalue weighted by Crippen LogP contribution is -2.39. The number of nitrogens with one attached hydrogen (secondary N) is 2. The molecular weight excluding hydrogens is 519 g/mol. The van der Waals surface area contributed by atoms with Gasteiger partial charge in [0.1, 0.15) is 0 Å². The molecule has 0 aliphatic rings. The van der Waals surface area contributed by atoms with Gasteiger partial charge in [0, 0.05) is 19.0 Å². The summed E-state index contributed by atoms with van der Waals surface area (Å²) in [5.74, 6) is 0.786. The molecule has 2 rings (SSSR count). The summed E-state index contributed by atoms with van der Waals surface area (Å²) in [7, 11) is 0. The zero-order chi connectivity index (χ0) is 21.8. The smallest absolute Gasteiger partial charge is 0.387 e. The van der Waals surface area contributed by atoms with Crippen LogP contribution < -0.4 is 20.1 Å². The molecule has 172 valence electrons. The monoisotopic (exact) mass is 549 g/mol. The number of hydrogen-bond acceptors (Lipinski definition) is 4. The Hall–Kier alpha value is -2.14. The van der Waals surface area contributed by atoms with Crippen molar-refractivity contribution in [1.29, 1.82) is 0 Å². The van der Waals surface area contributed by atoms with Crippen LogP contribution in [0.4, 0.5) is 8.78 Å². The predicted octanol–water partition coefficient (Wildman–Crippen LogP) is 4.14. The van der Waals surface area contributed by atoms with Gasteiger partial charge >= 0.3 is 6.61 Å². The molecule has 31 heavy (non-hydrogen) atoms. The highest BCUT2D eigenvalue weighted by Gasteiger charge is 2.13. The molecule has 0 bridgehead atoms. The van der Waals surface area contributed by atoms with Crippen molar-refractivity contribution >= 4 is 29.9 Å². The van der Waals surface area contributed by atoms with Crippen LogP contribution in [-0.2, 0) is 6.54 Å². The highest BCUT2D eigenvalue weighted by molar-refractivity contribution is 14.0. The van der Waals surface area contributed by atoms with Gasteiger partial charge in [-0.3, -0.25) is 0 Å². The zero-order valence-corrected chi connectivity index (χ0v) is 20.0. The molecule has 0 heterocycles. The van der Waals surface area contributed by atoms with Gasteiger partial charge in [-0.1, -0.05) is 36.4 Å². The van der Waals surface area contributed by atoms with Crippen LogP contribution in [0.3, 0.4) is 0 Å². The summed E-state index contributed by atoms with van der Waals surface area (Å²) in [6.07, 6.45) is 0. The molecule has 3 N–H and O–H groups in total. The number of benzene rings is 2. The van der Waals surface area contributed by atoms with E-state index in [1.165, 1.54) is 6.07 Å². The SMILES string of the molecule is CCNC(=NCc1ccc(OC(F)F)c(OCC)c1)NCC(CO)c1ccccc1.I. The Morgan fingerprint density at radius 3 is 2.42 bits per heavy atom. The first-order valence-corrected chi connectivity index (χ1v) is 9.95. The van der Waals surface area contributed by atoms with E-state index in [9.17, 15) is 13.9 Å². The Balaban J connectivity index is 0.00000480. The summed E-state index contributed by atoms with van der Waals surface area (Å²) in [4.78, 5) is 4.54. The number of alkyl halides is 2. The molecule has 1 atom stereocenters. The fourth-order valence-electron chi connectivity index (χ4n) is 2.86. The van der Waals surface area contributed by atoms with Crippen LogP contribution in [0.15, 0.2) is 53.5 Å². The van der Waals surface area contributed by atoms with E-state index in [1.807, 2.05) is 37.3 Å². The number of aliphatic imine (C=N–C) groups is 1. The van der Waals surface area contributed by atoms with E-state index in [-0.39, 0.29) is 48.0 Å². The Labute approximate surface area is 199 Å². The number of aliphatic hydroxyl groups excluding tert-OH is 1. The number of ether oxygens (including phenoxy) is 2. The number of halogens is 3. The van der Waals surface area contributed by atoms with Crippen molar-refractivity contribution in [2.45, 2.75) is 32.9 Å². The maximum atomic E-state index is 12.5. The summed E-state index contributed by atoms with van der Waals surface area (Å²) in [6, 6.07) is 14.5. The van der Waals surface area contributed by atoms with Crippen LogP contribution in [0.25, 0.3) is 0 Å². The summed E-state index contributed by atoms with van der Waals surface area (Å²) < 4.78 is 35.0. The van der Waals surface area contributed by atoms with E-state index in [0.717, 1.165) is 11.1 Å². The standard InChI is InChI=1S/C22H29F2N3O3.HI/c1-3-25-22(27-14-18(15-28)17-8-6-5-7-9-17)26-13-16-10-11-19(30-21(23)24)20(12-16)29-4-2;/h5-12,18,21,28H,3-4,13-15H2,1-2H3,(H2,25,26,27);1H. The number of guanidine groups is 1. The average Bonchev–Trinajstić information content (AvgIpc) is 2.74. The van der Waals surface area contributed by atoms with Crippen LogP contribution in [0.2, 0.25) is 0 Å². The van der Waals surface area contributed by atoms with Gasteiger partial charge in [0.05, 0.1) is 19.8 Å². The molecule has 1 unspecified atom stereocenters. The van der Waals surface area contributed by atoms with Crippen molar-refractivity contribution in [2.24, 2.45) is 4.99 Å². The first-order valence-electron chi connectivity index (χ1n) is 9.95. The second kappa shape index (κ2) is 14.8. The maximum absolute atomic E-state index is 12.5. The lowest BCUT2D eigenvalue weighted by molar-refractivity contribution is -0.0514. The van der Waals surface area contributed by atoms with E-state index < -0.39 is 6.61 Å². The molecule has 2 aromatic rings. The minimum absolute atomic E-state index is 0. The zero-order valence-electron chi connectivity index (χ0n) is 17.7. The van der Waals surface area contributed by atoms with Crippen LogP contribution >= 0.6 is 24.0 Å². The van der Waals surface area contributed by atoms with Gasteiger partial charge in [0.25, 0.3) is 0 Å². The second-order valence-corrected chi connectivity index (χ2v) is 6.46. The van der Waals surface area contributed by atoms with E-state index >= 15 is 0 Å². The molecule has 9 heteroatoms. The normalized spacial score (nSPS) is 12.1. The molecule has 2 aromatic carbocycles. The average molecular weight is 549 g/mol. The maximum Gasteiger partial charge on any atom is 0.387 e. The van der Waals surface area contributed by atoms with Crippen LogP contribution in [0, 0.1) is 0 Å². The minimum Gasteiger partial charge on any atom is -0.490 e. The summed E-state index contributed by atoms with van der Waals surface area (Å²) in [5.41, 5.74) is 1.83. The molecule has 0 fully saturated rings. The van der Waals surface area contributed by atoms with Gasteiger partial charge in [-0.15, -0.1) is 24.0 Å². The molecule has 0 spiro atoms. The molecule has 0 aliphatic carbocycles. The number of nitrogens with zero attached hydrogens (tertiary/aromatic N) is 1. The molecular formula is C22H30F2IN3O3. The summed E-state index contributed by atoms with van der Waals surface area (Å²) in [5, 5.41) is 16.1. The van der Waals surface area contributed by atoms with E-state index in [1.54, 1.807) is 19.1 Å². The molecule has 0 aliphatic heterocycles. The van der Waals surface area contributed by atoms with Gasteiger partial charge in [-0.2, -0.15) is 8.78 Å². The predicted molar refractivity (Wildman–Crippen MR) is 129 cm³/mol. The molecule has 0 amide bonds. The van der Waals surface area contributed by atoms with Crippen LogP contribution in [-0.4, -0.2) is 44.0 Å². The number of aliphatic hydroxyl groups is 1. The third kappa shape index (κ3) is 9.26. The minimum atomic E-state index is -2.92. The van der Waals surface area contributed by atoms with Gasteiger partial charge in [0.2, 0.25) is 0 Å². The first kappa shape index (κ1) is 26.9. The van der Waals surface area contributed by atoms with Crippen molar-refractivity contribution in [3.8, 4) is 11.5 Å². The van der Waals surface area contributed by atoms with E-state index in [2.05, 4.69) is 20.4 Å². The molecule has 0 saturated carbocycles. The van der Waals surface area contributed by atoms with Crippen molar-refractivity contribution in [1.82, 2.24) is 10.6 Å². The van der Waals surface area contributed by atoms with E-state index in [0.29, 0.717) is 32.2 Å². The first-order chi connectivity index (χ1) is 14.6. The van der Waals surface area contributed by atoms with Crippen molar-refractivity contribution in [2.75, 3.05) is 26.3 Å². The van der Waals surface area contributed by atoms with Gasteiger partial charge in [-0.05, 0) is 37.1 Å². The van der Waals surface area contributed by atoms with Gasteiger partial charge < -0.3 is 25.2 Å². The Bertz CT molecular complexity index is 795. The summed E-state index contributed by atoms with van der Waals surface area (Å²) >= 11 is 0. The molecule has 0 radical (unpaired) electrons. The van der Waals surface area contributed by atoms with Crippen LogP contribution in [0.1, 0.15) is 30.9 Å².